The highest BCUT2D eigenvalue weighted by Gasteiger charge is 2.16. The van der Waals surface area contributed by atoms with Crippen molar-refractivity contribution in [2.75, 3.05) is 18.5 Å². The summed E-state index contributed by atoms with van der Waals surface area (Å²) in [7, 11) is 0. The number of carbonyl (C=O) groups excluding carboxylic acids is 1. The summed E-state index contributed by atoms with van der Waals surface area (Å²) in [6.07, 6.45) is 7.62. The molecule has 1 amide bonds. The van der Waals surface area contributed by atoms with Gasteiger partial charge < -0.3 is 19.4 Å². The first-order chi connectivity index (χ1) is 13.6. The van der Waals surface area contributed by atoms with E-state index in [1.807, 2.05) is 0 Å². The Balaban J connectivity index is 1.46. The van der Waals surface area contributed by atoms with Gasteiger partial charge in [0, 0.05) is 24.2 Å². The first kappa shape index (κ1) is 18.1. The number of hydrogen-bond donors (Lipinski definition) is 1. The molecule has 0 bridgehead atoms. The molecule has 1 aliphatic heterocycles. The van der Waals surface area contributed by atoms with E-state index in [1.165, 1.54) is 18.5 Å². The van der Waals surface area contributed by atoms with Gasteiger partial charge >= 0.3 is 0 Å². The van der Waals surface area contributed by atoms with Crippen LogP contribution >= 0.6 is 11.6 Å². The van der Waals surface area contributed by atoms with Crippen LogP contribution in [0.5, 0.6) is 11.5 Å². The predicted molar refractivity (Wildman–Crippen MR) is 104 cm³/mol. The lowest BCUT2D eigenvalue weighted by Gasteiger charge is -2.19. The van der Waals surface area contributed by atoms with E-state index in [-0.39, 0.29) is 0 Å². The van der Waals surface area contributed by atoms with Crippen LogP contribution in [0.1, 0.15) is 5.56 Å². The number of amides is 1. The number of anilines is 1. The van der Waals surface area contributed by atoms with E-state index in [2.05, 4.69) is 10.3 Å². The number of halogens is 2. The van der Waals surface area contributed by atoms with Gasteiger partial charge in [-0.05, 0) is 42.0 Å². The summed E-state index contributed by atoms with van der Waals surface area (Å²) >= 11 is 6.18. The van der Waals surface area contributed by atoms with Gasteiger partial charge in [0.1, 0.15) is 19.0 Å². The first-order valence-corrected chi connectivity index (χ1v) is 8.84. The number of aromatic nitrogens is 2. The van der Waals surface area contributed by atoms with Crippen LogP contribution in [0.25, 0.3) is 11.8 Å². The molecule has 3 aromatic rings. The molecule has 0 saturated heterocycles. The van der Waals surface area contributed by atoms with Crippen molar-refractivity contribution in [2.24, 2.45) is 0 Å². The van der Waals surface area contributed by atoms with E-state index in [9.17, 15) is 9.18 Å². The minimum Gasteiger partial charge on any atom is -0.486 e. The molecule has 0 aliphatic carbocycles. The summed E-state index contributed by atoms with van der Waals surface area (Å²) in [4.78, 5) is 16.0. The van der Waals surface area contributed by atoms with E-state index >= 15 is 0 Å². The Bertz CT molecular complexity index is 1050. The number of rotatable bonds is 4. The fourth-order valence-electron chi connectivity index (χ4n) is 2.78. The number of fused-ring (bicyclic) bond motifs is 1. The normalized spacial score (nSPS) is 12.9. The summed E-state index contributed by atoms with van der Waals surface area (Å²) in [5.41, 5.74) is 1.37. The summed E-state index contributed by atoms with van der Waals surface area (Å²) in [6.45, 7) is 0.887. The van der Waals surface area contributed by atoms with Crippen LogP contribution in [-0.4, -0.2) is 28.7 Å². The van der Waals surface area contributed by atoms with Gasteiger partial charge in [-0.1, -0.05) is 11.6 Å². The Labute approximate surface area is 165 Å². The van der Waals surface area contributed by atoms with Gasteiger partial charge in [0.25, 0.3) is 0 Å². The number of hydrogen-bond acceptors (Lipinski definition) is 4. The zero-order chi connectivity index (χ0) is 19.5. The van der Waals surface area contributed by atoms with E-state index in [0.29, 0.717) is 46.7 Å². The quantitative estimate of drug-likeness (QED) is 0.671. The number of nitrogens with zero attached hydrogens (tertiary/aromatic N) is 2. The van der Waals surface area contributed by atoms with Crippen LogP contribution in [-0.2, 0) is 4.79 Å². The highest BCUT2D eigenvalue weighted by Crippen LogP contribution is 2.38. The zero-order valence-corrected chi connectivity index (χ0v) is 15.3. The average Bonchev–Trinajstić information content (AvgIpc) is 3.21. The van der Waals surface area contributed by atoms with Crippen LogP contribution in [0.15, 0.2) is 55.1 Å². The molecule has 8 heteroatoms. The Morgan fingerprint density at radius 2 is 2.11 bits per heavy atom. The molecule has 28 heavy (non-hydrogen) atoms. The molecular weight excluding hydrogens is 385 g/mol. The molecule has 1 N–H and O–H groups in total. The lowest BCUT2D eigenvalue weighted by molar-refractivity contribution is -0.111. The molecule has 2 aromatic carbocycles. The Morgan fingerprint density at radius 1 is 1.25 bits per heavy atom. The molecule has 1 aromatic heterocycles. The topological polar surface area (TPSA) is 65.4 Å². The second kappa shape index (κ2) is 7.74. The molecule has 0 atom stereocenters. The average molecular weight is 400 g/mol. The molecule has 0 spiro atoms. The highest BCUT2D eigenvalue weighted by atomic mass is 35.5. The highest BCUT2D eigenvalue weighted by molar-refractivity contribution is 6.32. The van der Waals surface area contributed by atoms with Crippen molar-refractivity contribution in [1.82, 2.24) is 9.55 Å². The third-order valence-electron chi connectivity index (χ3n) is 4.04. The summed E-state index contributed by atoms with van der Waals surface area (Å²) in [6, 6.07) is 7.85. The maximum atomic E-state index is 14.3. The second-order valence-corrected chi connectivity index (χ2v) is 6.39. The van der Waals surface area contributed by atoms with Crippen molar-refractivity contribution < 1.29 is 18.7 Å². The molecule has 0 fully saturated rings. The van der Waals surface area contributed by atoms with E-state index in [0.717, 1.165) is 0 Å². The van der Waals surface area contributed by atoms with Crippen molar-refractivity contribution in [3.8, 4) is 17.2 Å². The van der Waals surface area contributed by atoms with Gasteiger partial charge in [0.2, 0.25) is 5.91 Å². The van der Waals surface area contributed by atoms with Gasteiger partial charge in [-0.3, -0.25) is 4.79 Å². The van der Waals surface area contributed by atoms with Crippen molar-refractivity contribution in [3.05, 3.63) is 71.5 Å². The molecule has 4 rings (SSSR count). The molecule has 142 valence electrons. The predicted octanol–water partition coefficient (Wildman–Crippen LogP) is 4.09. The minimum absolute atomic E-state index is 0.344. The van der Waals surface area contributed by atoms with E-state index in [4.69, 9.17) is 21.1 Å². The van der Waals surface area contributed by atoms with Crippen molar-refractivity contribution in [1.29, 1.82) is 0 Å². The Hall–Kier alpha value is -3.32. The summed E-state index contributed by atoms with van der Waals surface area (Å²) < 4.78 is 26.8. The van der Waals surface area contributed by atoms with Crippen LogP contribution in [0.4, 0.5) is 10.1 Å². The smallest absolute Gasteiger partial charge is 0.248 e. The number of imidazole rings is 1. The Kier molecular flexibility index (Phi) is 4.99. The van der Waals surface area contributed by atoms with Crippen LogP contribution in [0.3, 0.4) is 0 Å². The van der Waals surface area contributed by atoms with E-state index < -0.39 is 11.7 Å². The summed E-state index contributed by atoms with van der Waals surface area (Å²) in [5, 5.41) is 3.03. The maximum absolute atomic E-state index is 14.3. The number of nitrogens with one attached hydrogen (secondary N) is 1. The first-order valence-electron chi connectivity index (χ1n) is 8.46. The molecule has 0 saturated carbocycles. The lowest BCUT2D eigenvalue weighted by Crippen LogP contribution is -2.15. The fourth-order valence-corrected chi connectivity index (χ4v) is 3.05. The molecule has 0 unspecified atom stereocenters. The van der Waals surface area contributed by atoms with Crippen LogP contribution in [0.2, 0.25) is 5.02 Å². The molecule has 1 aliphatic rings. The maximum Gasteiger partial charge on any atom is 0.248 e. The van der Waals surface area contributed by atoms with Crippen molar-refractivity contribution >= 4 is 29.3 Å². The van der Waals surface area contributed by atoms with Gasteiger partial charge in [-0.15, -0.1) is 0 Å². The number of benzene rings is 2. The molecular formula is C20H15ClFN3O3. The largest absolute Gasteiger partial charge is 0.486 e. The third-order valence-corrected chi connectivity index (χ3v) is 4.32. The SMILES string of the molecule is O=C(/C=C/c1cc(Cl)c2c(c1)OCCO2)Nc1ccc(-n2ccnc2)c(F)c1. The molecule has 6 nitrogen and oxygen atoms in total. The van der Waals surface area contributed by atoms with Crippen molar-refractivity contribution in [2.45, 2.75) is 0 Å². The third kappa shape index (κ3) is 3.84. The van der Waals surface area contributed by atoms with Gasteiger partial charge in [-0.25, -0.2) is 9.37 Å². The molecule has 0 radical (unpaired) electrons. The standard InChI is InChI=1S/C20H15ClFN3O3/c21-15-9-13(10-18-20(15)28-8-7-27-18)1-4-19(26)24-14-2-3-17(16(22)11-14)25-6-5-23-12-25/h1-6,9-12H,7-8H2,(H,24,26)/b4-1+. The number of ether oxygens (including phenoxy) is 2. The lowest BCUT2D eigenvalue weighted by atomic mass is 10.1. The monoisotopic (exact) mass is 399 g/mol. The molecule has 2 heterocycles. The van der Waals surface area contributed by atoms with Gasteiger partial charge in [0.15, 0.2) is 11.5 Å². The van der Waals surface area contributed by atoms with Crippen LogP contribution < -0.4 is 14.8 Å². The zero-order valence-electron chi connectivity index (χ0n) is 14.6. The van der Waals surface area contributed by atoms with Gasteiger partial charge in [-0.2, -0.15) is 0 Å². The van der Waals surface area contributed by atoms with Crippen molar-refractivity contribution in [3.63, 3.8) is 0 Å². The van der Waals surface area contributed by atoms with Gasteiger partial charge in [0.05, 0.1) is 17.0 Å². The fraction of sp³-hybridized carbons (Fsp3) is 0.100. The Morgan fingerprint density at radius 3 is 2.89 bits per heavy atom. The van der Waals surface area contributed by atoms with Crippen LogP contribution in [0, 0.1) is 5.82 Å². The number of carbonyl (C=O) groups is 1. The minimum atomic E-state index is -0.474. The second-order valence-electron chi connectivity index (χ2n) is 5.99. The summed E-state index contributed by atoms with van der Waals surface area (Å²) in [5.74, 6) is 0.165. The van der Waals surface area contributed by atoms with E-state index in [1.54, 1.807) is 47.3 Å².